The van der Waals surface area contributed by atoms with E-state index in [9.17, 15) is 23.2 Å². The second-order valence-corrected chi connectivity index (χ2v) is 8.16. The molecule has 0 saturated carbocycles. The summed E-state index contributed by atoms with van der Waals surface area (Å²) in [7, 11) is 1.21. The van der Waals surface area contributed by atoms with Gasteiger partial charge in [-0.3, -0.25) is 14.4 Å². The lowest BCUT2D eigenvalue weighted by Crippen LogP contribution is -2.43. The molecule has 0 fully saturated rings. The van der Waals surface area contributed by atoms with Gasteiger partial charge in [0, 0.05) is 35.0 Å². The fourth-order valence-corrected chi connectivity index (χ4v) is 3.95. The molecule has 0 aliphatic heterocycles. The molecule has 1 aliphatic rings. The summed E-state index contributed by atoms with van der Waals surface area (Å²) in [6.07, 6.45) is 1.13. The molecule has 0 unspecified atom stereocenters. The van der Waals surface area contributed by atoms with Crippen LogP contribution in [0.1, 0.15) is 37.4 Å². The summed E-state index contributed by atoms with van der Waals surface area (Å²) < 4.78 is 31.7. The van der Waals surface area contributed by atoms with Gasteiger partial charge >= 0.3 is 5.97 Å². The Morgan fingerprint density at radius 2 is 1.77 bits per heavy atom. The van der Waals surface area contributed by atoms with Gasteiger partial charge in [-0.1, -0.05) is 6.07 Å². The van der Waals surface area contributed by atoms with Crippen LogP contribution in [0.4, 0.5) is 20.2 Å². The van der Waals surface area contributed by atoms with E-state index in [-0.39, 0.29) is 23.6 Å². The van der Waals surface area contributed by atoms with E-state index in [0.29, 0.717) is 29.7 Å². The Labute approximate surface area is 200 Å². The van der Waals surface area contributed by atoms with Gasteiger partial charge < -0.3 is 21.1 Å². The topological polar surface area (TPSA) is 111 Å². The van der Waals surface area contributed by atoms with Crippen molar-refractivity contribution < 1.29 is 27.9 Å². The van der Waals surface area contributed by atoms with Gasteiger partial charge in [0.25, 0.3) is 5.91 Å². The molecule has 0 spiro atoms. The number of hydrogen-bond donors (Lipinski definition) is 3. The highest BCUT2D eigenvalue weighted by Gasteiger charge is 2.23. The summed E-state index contributed by atoms with van der Waals surface area (Å²) in [5, 5.41) is 5.49. The van der Waals surface area contributed by atoms with Gasteiger partial charge in [0.1, 0.15) is 17.7 Å². The van der Waals surface area contributed by atoms with Crippen LogP contribution in [0.3, 0.4) is 0 Å². The third kappa shape index (κ3) is 5.20. The number of benzene rings is 3. The van der Waals surface area contributed by atoms with Crippen molar-refractivity contribution in [1.29, 1.82) is 0 Å². The van der Waals surface area contributed by atoms with Crippen LogP contribution in [-0.4, -0.2) is 37.4 Å². The summed E-state index contributed by atoms with van der Waals surface area (Å²) in [6, 6.07) is 12.2. The van der Waals surface area contributed by atoms with E-state index >= 15 is 0 Å². The number of halogens is 2. The maximum atomic E-state index is 14.0. The zero-order valence-corrected chi connectivity index (χ0v) is 18.9. The third-order valence-corrected chi connectivity index (χ3v) is 5.83. The highest BCUT2D eigenvalue weighted by molar-refractivity contribution is 6.12. The highest BCUT2D eigenvalue weighted by Crippen LogP contribution is 2.29. The van der Waals surface area contributed by atoms with E-state index in [0.717, 1.165) is 23.3 Å². The first-order valence-electron chi connectivity index (χ1n) is 10.9. The summed E-state index contributed by atoms with van der Waals surface area (Å²) >= 11 is 0. The van der Waals surface area contributed by atoms with E-state index in [4.69, 9.17) is 5.73 Å². The molecule has 0 saturated heterocycles. The Morgan fingerprint density at radius 3 is 2.51 bits per heavy atom. The number of fused-ring (bicyclic) bond motifs is 2. The van der Waals surface area contributed by atoms with E-state index in [2.05, 4.69) is 15.4 Å². The molecule has 0 bridgehead atoms. The van der Waals surface area contributed by atoms with Crippen molar-refractivity contribution in [2.45, 2.75) is 18.9 Å². The zero-order valence-electron chi connectivity index (χ0n) is 18.9. The van der Waals surface area contributed by atoms with Gasteiger partial charge in [-0.05, 0) is 66.4 Å². The second-order valence-electron chi connectivity index (χ2n) is 8.16. The minimum Gasteiger partial charge on any atom is -0.468 e. The minimum atomic E-state index is -0.996. The number of ether oxygens (including phenoxy) is 1. The predicted octanol–water partition coefficient (Wildman–Crippen LogP) is 3.27. The zero-order chi connectivity index (χ0) is 25.1. The number of carbonyl (C=O) groups is 3. The monoisotopic (exact) mass is 479 g/mol. The lowest BCUT2D eigenvalue weighted by molar-refractivity contribution is -0.141. The summed E-state index contributed by atoms with van der Waals surface area (Å²) in [5.41, 5.74) is 9.08. The molecule has 4 rings (SSSR count). The molecule has 9 heteroatoms. The molecule has 0 radical (unpaired) electrons. The molecule has 0 heterocycles. The van der Waals surface area contributed by atoms with Crippen molar-refractivity contribution >= 4 is 29.0 Å². The van der Waals surface area contributed by atoms with Gasteiger partial charge in [0.2, 0.25) is 0 Å². The lowest BCUT2D eigenvalue weighted by Gasteiger charge is -2.12. The fourth-order valence-electron chi connectivity index (χ4n) is 3.95. The highest BCUT2D eigenvalue weighted by atomic mass is 19.1. The number of nitrogens with two attached hydrogens (primary N) is 1. The molecule has 35 heavy (non-hydrogen) atoms. The summed E-state index contributed by atoms with van der Waals surface area (Å²) in [6.45, 7) is -0.107. The van der Waals surface area contributed by atoms with E-state index in [1.165, 1.54) is 19.2 Å². The van der Waals surface area contributed by atoms with Crippen LogP contribution in [0, 0.1) is 11.6 Å². The van der Waals surface area contributed by atoms with Gasteiger partial charge in [-0.15, -0.1) is 0 Å². The molecule has 1 atom stereocenters. The smallest absolute Gasteiger partial charge is 0.324 e. The van der Waals surface area contributed by atoms with E-state index in [1.807, 2.05) is 0 Å². The average Bonchev–Trinajstić information content (AvgIpc) is 2.99. The van der Waals surface area contributed by atoms with Crippen molar-refractivity contribution in [3.63, 3.8) is 0 Å². The van der Waals surface area contributed by atoms with Gasteiger partial charge in [0.05, 0.1) is 12.8 Å². The Kier molecular flexibility index (Phi) is 6.88. The van der Waals surface area contributed by atoms with Gasteiger partial charge in [-0.25, -0.2) is 8.78 Å². The summed E-state index contributed by atoms with van der Waals surface area (Å²) in [5.74, 6) is -2.73. The molecule has 3 aromatic carbocycles. The number of ketones is 1. The van der Waals surface area contributed by atoms with Crippen molar-refractivity contribution in [3.8, 4) is 0 Å². The van der Waals surface area contributed by atoms with Crippen LogP contribution < -0.4 is 16.4 Å². The first-order valence-corrected chi connectivity index (χ1v) is 10.9. The predicted molar refractivity (Wildman–Crippen MR) is 126 cm³/mol. The largest absolute Gasteiger partial charge is 0.468 e. The Morgan fingerprint density at radius 1 is 1.00 bits per heavy atom. The fraction of sp³-hybridized carbons (Fsp3) is 0.192. The molecule has 1 aliphatic carbocycles. The van der Waals surface area contributed by atoms with E-state index in [1.54, 1.807) is 30.3 Å². The van der Waals surface area contributed by atoms with E-state index < -0.39 is 29.6 Å². The molecular formula is C26H23F2N3O4. The van der Waals surface area contributed by atoms with Crippen molar-refractivity contribution in [2.75, 3.05) is 19.0 Å². The molecule has 3 aromatic rings. The number of nitrogens with one attached hydrogen (secondary N) is 2. The van der Waals surface area contributed by atoms with Crippen LogP contribution >= 0.6 is 0 Å². The average molecular weight is 479 g/mol. The number of esters is 1. The van der Waals surface area contributed by atoms with Crippen LogP contribution in [-0.2, 0) is 22.4 Å². The molecule has 0 aromatic heterocycles. The van der Waals surface area contributed by atoms with Crippen molar-refractivity contribution in [1.82, 2.24) is 5.32 Å². The maximum Gasteiger partial charge on any atom is 0.324 e. The maximum absolute atomic E-state index is 14.0. The third-order valence-electron chi connectivity index (χ3n) is 5.83. The normalized spacial score (nSPS) is 13.2. The number of methoxy groups -OCH3 is 1. The van der Waals surface area contributed by atoms with Crippen LogP contribution in [0.25, 0.3) is 0 Å². The number of hydrogen-bond acceptors (Lipinski definition) is 6. The Hall–Kier alpha value is -4.11. The number of aryl methyl sites for hydroxylation is 2. The van der Waals surface area contributed by atoms with Crippen LogP contribution in [0.2, 0.25) is 0 Å². The molecular weight excluding hydrogens is 456 g/mol. The molecule has 7 nitrogen and oxygen atoms in total. The van der Waals surface area contributed by atoms with Crippen molar-refractivity contribution in [2.24, 2.45) is 5.73 Å². The number of amides is 1. The minimum absolute atomic E-state index is 0.107. The number of rotatable bonds is 6. The lowest BCUT2D eigenvalue weighted by atomic mass is 9.96. The Bertz CT molecular complexity index is 1330. The molecule has 4 N–H and O–H groups in total. The quantitative estimate of drug-likeness (QED) is 0.468. The summed E-state index contributed by atoms with van der Waals surface area (Å²) in [4.78, 5) is 37.3. The van der Waals surface area contributed by atoms with Crippen LogP contribution in [0.15, 0.2) is 54.6 Å². The number of carbonyl (C=O) groups excluding carboxylic acids is 3. The molecule has 180 valence electrons. The number of anilines is 2. The second kappa shape index (κ2) is 10.0. The SMILES string of the molecule is COC(=O)[C@@H](N)CNC(=O)c1ccc2c(c1)C(=O)c1ccc(Nc3ccc(F)cc3F)cc1CC2. The standard InChI is InChI=1S/C26H23F2N3O4/c1-35-26(34)22(29)13-30-25(33)16-5-3-14-2-4-15-10-18(7-8-19(15)24(32)20(14)11-16)31-23-9-6-17(27)12-21(23)28/h3,5-12,22,31H,2,4,13,29H2,1H3,(H,30,33)/t22-/m0/s1. The van der Waals surface area contributed by atoms with Crippen LogP contribution in [0.5, 0.6) is 0 Å². The van der Waals surface area contributed by atoms with Gasteiger partial charge in [-0.2, -0.15) is 0 Å². The molecule has 1 amide bonds. The van der Waals surface area contributed by atoms with Gasteiger partial charge in [0.15, 0.2) is 5.78 Å². The first kappa shape index (κ1) is 24.0. The van der Waals surface area contributed by atoms with Crippen molar-refractivity contribution in [3.05, 3.63) is 94.0 Å². The first-order chi connectivity index (χ1) is 16.8. The Balaban J connectivity index is 1.54.